The van der Waals surface area contributed by atoms with Crippen molar-refractivity contribution in [1.29, 1.82) is 0 Å². The smallest absolute Gasteiger partial charge is 0.339 e. The summed E-state index contributed by atoms with van der Waals surface area (Å²) < 4.78 is 1.99. The van der Waals surface area contributed by atoms with Gasteiger partial charge in [0.15, 0.2) is 5.11 Å². The number of carboxylic acid groups (broad SMARTS) is 1. The van der Waals surface area contributed by atoms with Crippen LogP contribution in [0, 0.1) is 13.8 Å². The van der Waals surface area contributed by atoms with Crippen molar-refractivity contribution in [3.8, 4) is 5.00 Å². The fourth-order valence-corrected chi connectivity index (χ4v) is 5.51. The molecule has 2 aliphatic rings. The maximum absolute atomic E-state index is 12.0. The van der Waals surface area contributed by atoms with Crippen LogP contribution < -0.4 is 10.6 Å². The van der Waals surface area contributed by atoms with Crippen molar-refractivity contribution in [3.63, 3.8) is 0 Å². The lowest BCUT2D eigenvalue weighted by atomic mass is 9.95. The lowest BCUT2D eigenvalue weighted by Gasteiger charge is -2.11. The first-order chi connectivity index (χ1) is 12.9. The fraction of sp³-hybridized carbons (Fsp3) is 0.316. The lowest BCUT2D eigenvalue weighted by Crippen LogP contribution is -2.21. The molecule has 1 aliphatic heterocycles. The van der Waals surface area contributed by atoms with Gasteiger partial charge < -0.3 is 15.0 Å². The minimum atomic E-state index is -0.876. The summed E-state index contributed by atoms with van der Waals surface area (Å²) in [6, 6.07) is 1.96. The highest BCUT2D eigenvalue weighted by Gasteiger charge is 2.28. The van der Waals surface area contributed by atoms with Gasteiger partial charge >= 0.3 is 5.97 Å². The van der Waals surface area contributed by atoms with E-state index in [1.54, 1.807) is 17.4 Å². The number of aryl methyl sites for hydroxylation is 2. The van der Waals surface area contributed by atoms with Crippen molar-refractivity contribution in [3.05, 3.63) is 44.7 Å². The molecule has 0 saturated carbocycles. The third-order valence-corrected chi connectivity index (χ3v) is 6.54. The van der Waals surface area contributed by atoms with Crippen molar-refractivity contribution in [2.45, 2.75) is 39.5 Å². The summed E-state index contributed by atoms with van der Waals surface area (Å²) in [4.78, 5) is 25.1. The van der Waals surface area contributed by atoms with Crippen LogP contribution in [-0.4, -0.2) is 26.7 Å². The quantitative estimate of drug-likeness (QED) is 0.544. The summed E-state index contributed by atoms with van der Waals surface area (Å²) in [6.07, 6.45) is 5.66. The molecule has 1 saturated heterocycles. The maximum atomic E-state index is 12.0. The van der Waals surface area contributed by atoms with Crippen LogP contribution in [0.1, 0.15) is 50.6 Å². The molecular formula is C19H19N3O3S2. The van der Waals surface area contributed by atoms with Crippen LogP contribution in [0.25, 0.3) is 11.1 Å². The van der Waals surface area contributed by atoms with Gasteiger partial charge in [-0.15, -0.1) is 11.3 Å². The maximum Gasteiger partial charge on any atom is 0.339 e. The Morgan fingerprint density at radius 1 is 1.30 bits per heavy atom. The average Bonchev–Trinajstić information content (AvgIpc) is 3.21. The first-order valence-corrected chi connectivity index (χ1v) is 10.0. The summed E-state index contributed by atoms with van der Waals surface area (Å²) in [7, 11) is 0. The first-order valence-electron chi connectivity index (χ1n) is 8.78. The van der Waals surface area contributed by atoms with E-state index in [-0.39, 0.29) is 5.91 Å². The standard InChI is InChI=1S/C19H19N3O3S2/c1-9-7-11(8-13-16(23)21-19(26)20-13)10(2)22(9)17-15(18(24)25)12-5-3-4-6-14(12)27-17/h7-8H,3-6H2,1-2H3,(H,24,25)(H2,20,21,23,26). The van der Waals surface area contributed by atoms with Crippen molar-refractivity contribution in [1.82, 2.24) is 15.2 Å². The van der Waals surface area contributed by atoms with Gasteiger partial charge in [0.1, 0.15) is 10.7 Å². The number of carbonyl (C=O) groups is 2. The van der Waals surface area contributed by atoms with Gasteiger partial charge in [-0.2, -0.15) is 0 Å². The molecule has 0 bridgehead atoms. The minimum absolute atomic E-state index is 0.261. The number of rotatable bonds is 3. The summed E-state index contributed by atoms with van der Waals surface area (Å²) >= 11 is 6.55. The number of aromatic carboxylic acids is 1. The molecule has 1 aliphatic carbocycles. The van der Waals surface area contributed by atoms with Crippen molar-refractivity contribution in [2.24, 2.45) is 0 Å². The lowest BCUT2D eigenvalue weighted by molar-refractivity contribution is -0.115. The molecule has 140 valence electrons. The molecular weight excluding hydrogens is 382 g/mol. The van der Waals surface area contributed by atoms with Gasteiger partial charge in [0.2, 0.25) is 0 Å². The molecule has 0 unspecified atom stereocenters. The SMILES string of the molecule is Cc1cc(C=C2NC(=S)NC2=O)c(C)n1-c1sc2c(c1C(=O)O)CCCC2. The van der Waals surface area contributed by atoms with Gasteiger partial charge in [-0.05, 0) is 75.0 Å². The van der Waals surface area contributed by atoms with Gasteiger partial charge in [0, 0.05) is 16.3 Å². The van der Waals surface area contributed by atoms with Crippen molar-refractivity contribution >= 4 is 46.6 Å². The summed E-state index contributed by atoms with van der Waals surface area (Å²) in [5.74, 6) is -1.14. The average molecular weight is 402 g/mol. The number of hydrogen-bond donors (Lipinski definition) is 3. The van der Waals surface area contributed by atoms with E-state index in [9.17, 15) is 14.7 Å². The zero-order chi connectivity index (χ0) is 19.3. The Bertz CT molecular complexity index is 1030. The second-order valence-electron chi connectivity index (χ2n) is 6.82. The molecule has 27 heavy (non-hydrogen) atoms. The van der Waals surface area contributed by atoms with E-state index in [0.29, 0.717) is 16.4 Å². The Hall–Kier alpha value is -2.45. The van der Waals surface area contributed by atoms with E-state index < -0.39 is 5.97 Å². The zero-order valence-electron chi connectivity index (χ0n) is 15.0. The number of nitrogens with one attached hydrogen (secondary N) is 2. The highest BCUT2D eigenvalue weighted by atomic mass is 32.1. The highest BCUT2D eigenvalue weighted by molar-refractivity contribution is 7.80. The van der Waals surface area contributed by atoms with Crippen molar-refractivity contribution < 1.29 is 14.7 Å². The second-order valence-corrected chi connectivity index (χ2v) is 8.32. The van der Waals surface area contributed by atoms with E-state index in [4.69, 9.17) is 12.2 Å². The Morgan fingerprint density at radius 2 is 2.04 bits per heavy atom. The number of thiocarbonyl (C=S) groups is 1. The van der Waals surface area contributed by atoms with Crippen LogP contribution >= 0.6 is 23.6 Å². The van der Waals surface area contributed by atoms with E-state index in [1.807, 2.05) is 24.5 Å². The van der Waals surface area contributed by atoms with Crippen LogP contribution in [0.2, 0.25) is 0 Å². The van der Waals surface area contributed by atoms with Gasteiger partial charge in [-0.1, -0.05) is 0 Å². The predicted molar refractivity (Wildman–Crippen MR) is 109 cm³/mol. The molecule has 0 aromatic carbocycles. The van der Waals surface area contributed by atoms with Crippen LogP contribution in [0.15, 0.2) is 11.8 Å². The number of thiophene rings is 1. The molecule has 1 fully saturated rings. The predicted octanol–water partition coefficient (Wildman–Crippen LogP) is 3.08. The fourth-order valence-electron chi connectivity index (χ4n) is 3.81. The molecule has 4 rings (SSSR count). The Balaban J connectivity index is 1.85. The Kier molecular flexibility index (Phi) is 4.39. The van der Waals surface area contributed by atoms with E-state index in [2.05, 4.69) is 10.6 Å². The topological polar surface area (TPSA) is 83.4 Å². The molecule has 0 spiro atoms. The molecule has 3 heterocycles. The summed E-state index contributed by atoms with van der Waals surface area (Å²) in [5.41, 5.74) is 4.49. The molecule has 8 heteroatoms. The molecule has 2 aromatic rings. The highest BCUT2D eigenvalue weighted by Crippen LogP contribution is 2.38. The Morgan fingerprint density at radius 3 is 2.70 bits per heavy atom. The third kappa shape index (κ3) is 2.98. The molecule has 6 nitrogen and oxygen atoms in total. The minimum Gasteiger partial charge on any atom is -0.478 e. The monoisotopic (exact) mass is 401 g/mol. The number of carbonyl (C=O) groups excluding carboxylic acids is 1. The normalized spacial score (nSPS) is 17.8. The molecule has 0 atom stereocenters. The van der Waals surface area contributed by atoms with E-state index >= 15 is 0 Å². The number of fused-ring (bicyclic) bond motifs is 1. The molecule has 0 radical (unpaired) electrons. The van der Waals surface area contributed by atoms with Gasteiger partial charge in [-0.3, -0.25) is 10.1 Å². The van der Waals surface area contributed by atoms with Gasteiger partial charge in [-0.25, -0.2) is 4.79 Å². The van der Waals surface area contributed by atoms with Gasteiger partial charge in [0.25, 0.3) is 5.91 Å². The third-order valence-electron chi connectivity index (χ3n) is 5.06. The van der Waals surface area contributed by atoms with Gasteiger partial charge in [0.05, 0.1) is 5.56 Å². The van der Waals surface area contributed by atoms with Crippen LogP contribution in [0.4, 0.5) is 0 Å². The Labute approximate surface area is 165 Å². The van der Waals surface area contributed by atoms with Crippen LogP contribution in [-0.2, 0) is 17.6 Å². The second kappa shape index (κ2) is 6.61. The number of nitrogens with zero attached hydrogens (tertiary/aromatic N) is 1. The first kappa shape index (κ1) is 17.9. The van der Waals surface area contributed by atoms with E-state index in [0.717, 1.165) is 53.2 Å². The van der Waals surface area contributed by atoms with Crippen LogP contribution in [0.5, 0.6) is 0 Å². The number of amides is 1. The number of carboxylic acids is 1. The zero-order valence-corrected chi connectivity index (χ0v) is 16.6. The summed E-state index contributed by atoms with van der Waals surface area (Å²) in [6.45, 7) is 3.89. The molecule has 3 N–H and O–H groups in total. The number of hydrogen-bond acceptors (Lipinski definition) is 4. The van der Waals surface area contributed by atoms with Crippen molar-refractivity contribution in [2.75, 3.05) is 0 Å². The number of aromatic nitrogens is 1. The van der Waals surface area contributed by atoms with Crippen LogP contribution in [0.3, 0.4) is 0 Å². The van der Waals surface area contributed by atoms with E-state index in [1.165, 1.54) is 4.88 Å². The largest absolute Gasteiger partial charge is 0.478 e. The summed E-state index contributed by atoms with van der Waals surface area (Å²) in [5, 5.41) is 16.3. The molecule has 2 aromatic heterocycles. The molecule has 1 amide bonds.